The molecule has 1 amide bonds. The number of hydrogen-bond donors (Lipinski definition) is 2. The van der Waals surface area contributed by atoms with Gasteiger partial charge in [0.15, 0.2) is 5.65 Å². The summed E-state index contributed by atoms with van der Waals surface area (Å²) in [6.07, 6.45) is 1.52. The monoisotopic (exact) mass is 675 g/mol. The summed E-state index contributed by atoms with van der Waals surface area (Å²) in [5, 5.41) is 7.33. The van der Waals surface area contributed by atoms with Crippen molar-refractivity contribution in [1.82, 2.24) is 15.0 Å². The number of nitrogens with one attached hydrogen (secondary N) is 2. The van der Waals surface area contributed by atoms with Gasteiger partial charge in [-0.2, -0.15) is 0 Å². The molecule has 0 aliphatic heterocycles. The molecule has 2 N–H and O–H groups in total. The Morgan fingerprint density at radius 3 is 2.42 bits per heavy atom. The summed E-state index contributed by atoms with van der Waals surface area (Å²) >= 11 is 5.02. The third kappa shape index (κ3) is 7.68. The molecule has 6 aromatic rings. The number of anilines is 3. The number of halogens is 1. The van der Waals surface area contributed by atoms with Gasteiger partial charge in [0.05, 0.1) is 11.1 Å². The van der Waals surface area contributed by atoms with Crippen LogP contribution in [0.4, 0.5) is 17.2 Å². The summed E-state index contributed by atoms with van der Waals surface area (Å²) in [6, 6.07) is 35.2. The smallest absolute Gasteiger partial charge is 0.255 e. The molecule has 0 unspecified atom stereocenters. The maximum atomic E-state index is 13.0. The molecule has 2 aromatic heterocycles. The summed E-state index contributed by atoms with van der Waals surface area (Å²) in [6.45, 7) is 4.72. The Balaban J connectivity index is 1.27. The lowest BCUT2D eigenvalue weighted by Gasteiger charge is -2.15. The van der Waals surface area contributed by atoms with E-state index in [1.165, 1.54) is 6.33 Å². The van der Waals surface area contributed by atoms with Crippen LogP contribution in [0.1, 0.15) is 41.4 Å². The molecule has 6 rings (SSSR count). The summed E-state index contributed by atoms with van der Waals surface area (Å²) < 4.78 is 6.89. The molecule has 0 radical (unpaired) electrons. The van der Waals surface area contributed by atoms with E-state index < -0.39 is 0 Å². The predicted molar refractivity (Wildman–Crippen MR) is 185 cm³/mol. The first kappa shape index (κ1) is 30.3. The summed E-state index contributed by atoms with van der Waals surface area (Å²) in [5.41, 5.74) is 4.71. The predicted octanol–water partition coefficient (Wildman–Crippen LogP) is 9.64. The van der Waals surface area contributed by atoms with Crippen LogP contribution in [0, 0.1) is 0 Å². The number of nitrogens with zero attached hydrogens (tertiary/aromatic N) is 3. The number of fused-ring (bicyclic) bond motifs is 1. The lowest BCUT2D eigenvalue weighted by molar-refractivity contribution is 0.102. The number of carbonyl (C=O) groups excluding carboxylic acids is 1. The van der Waals surface area contributed by atoms with Crippen LogP contribution in [0.15, 0.2) is 130 Å². The molecule has 0 fully saturated rings. The number of amides is 1. The lowest BCUT2D eigenvalue weighted by atomic mass is 10.1. The molecule has 7 nitrogen and oxygen atoms in total. The van der Waals surface area contributed by atoms with Gasteiger partial charge in [-0.05, 0) is 90.3 Å². The summed E-state index contributed by atoms with van der Waals surface area (Å²) in [5.74, 6) is 1.52. The maximum Gasteiger partial charge on any atom is 0.255 e. The highest BCUT2D eigenvalue weighted by molar-refractivity contribution is 9.10. The van der Waals surface area contributed by atoms with Crippen molar-refractivity contribution in [3.63, 3.8) is 0 Å². The fraction of sp³-hybridized carbons (Fsp3) is 0.111. The largest absolute Gasteiger partial charge is 0.489 e. The first-order valence-corrected chi connectivity index (χ1v) is 16.1. The van der Waals surface area contributed by atoms with Gasteiger partial charge in [-0.1, -0.05) is 71.9 Å². The molecule has 9 heteroatoms. The molecule has 0 aliphatic rings. The first-order chi connectivity index (χ1) is 21.9. The normalized spacial score (nSPS) is 11.0. The number of benzene rings is 4. The van der Waals surface area contributed by atoms with Gasteiger partial charge in [-0.15, -0.1) is 0 Å². The van der Waals surface area contributed by atoms with Crippen LogP contribution in [-0.2, 0) is 6.61 Å². The molecule has 2 heterocycles. The second-order valence-electron chi connectivity index (χ2n) is 10.6. The highest BCUT2D eigenvalue weighted by Crippen LogP contribution is 2.38. The second-order valence-corrected chi connectivity index (χ2v) is 12.7. The van der Waals surface area contributed by atoms with Crippen molar-refractivity contribution in [2.75, 3.05) is 10.6 Å². The van der Waals surface area contributed by atoms with Crippen LogP contribution < -0.4 is 15.4 Å². The number of hydrogen-bond acceptors (Lipinski definition) is 7. The fourth-order valence-corrected chi connectivity index (χ4v) is 5.72. The minimum absolute atomic E-state index is 0.196. The number of ether oxygens (including phenoxy) is 1. The van der Waals surface area contributed by atoms with Gasteiger partial charge in [0.1, 0.15) is 24.5 Å². The van der Waals surface area contributed by atoms with Gasteiger partial charge < -0.3 is 15.4 Å². The Morgan fingerprint density at radius 1 is 0.889 bits per heavy atom. The highest BCUT2D eigenvalue weighted by atomic mass is 79.9. The Labute approximate surface area is 274 Å². The average Bonchev–Trinajstić information content (AvgIpc) is 3.06. The van der Waals surface area contributed by atoms with E-state index in [0.29, 0.717) is 29.3 Å². The Hall–Kier alpha value is -4.73. The minimum atomic E-state index is -0.196. The van der Waals surface area contributed by atoms with E-state index in [1.807, 2.05) is 97.1 Å². The van der Waals surface area contributed by atoms with E-state index in [4.69, 9.17) is 9.72 Å². The first-order valence-electron chi connectivity index (χ1n) is 14.5. The molecule has 0 saturated carbocycles. The van der Waals surface area contributed by atoms with Gasteiger partial charge in [-0.3, -0.25) is 4.79 Å². The van der Waals surface area contributed by atoms with Crippen molar-refractivity contribution in [3.8, 4) is 5.75 Å². The van der Waals surface area contributed by atoms with Crippen molar-refractivity contribution >= 4 is 61.8 Å². The van der Waals surface area contributed by atoms with Crippen molar-refractivity contribution in [3.05, 3.63) is 137 Å². The van der Waals surface area contributed by atoms with Crippen LogP contribution in [-0.4, -0.2) is 20.9 Å². The minimum Gasteiger partial charge on any atom is -0.489 e. The quantitative estimate of drug-likeness (QED) is 0.149. The molecule has 0 atom stereocenters. The van der Waals surface area contributed by atoms with Crippen LogP contribution in [0.5, 0.6) is 5.75 Å². The zero-order valence-corrected chi connectivity index (χ0v) is 27.1. The van der Waals surface area contributed by atoms with Crippen molar-refractivity contribution in [2.24, 2.45) is 0 Å². The van der Waals surface area contributed by atoms with Gasteiger partial charge in [-0.25, -0.2) is 15.0 Å². The number of aromatic nitrogens is 3. The fourth-order valence-electron chi connectivity index (χ4n) is 4.58. The average molecular weight is 677 g/mol. The van der Waals surface area contributed by atoms with Gasteiger partial charge >= 0.3 is 0 Å². The van der Waals surface area contributed by atoms with Crippen molar-refractivity contribution < 1.29 is 9.53 Å². The molecule has 0 bridgehead atoms. The molecular formula is C36H30BrN5O2S. The highest BCUT2D eigenvalue weighted by Gasteiger charge is 2.14. The van der Waals surface area contributed by atoms with Crippen LogP contribution in [0.3, 0.4) is 0 Å². The number of rotatable bonds is 10. The number of pyridine rings is 1. The zero-order valence-electron chi connectivity index (χ0n) is 24.7. The molecule has 0 aliphatic carbocycles. The lowest BCUT2D eigenvalue weighted by Crippen LogP contribution is -2.12. The molecular weight excluding hydrogens is 646 g/mol. The topological polar surface area (TPSA) is 89.0 Å². The molecule has 45 heavy (non-hydrogen) atoms. The van der Waals surface area contributed by atoms with E-state index in [1.54, 1.807) is 23.9 Å². The Kier molecular flexibility index (Phi) is 9.38. The van der Waals surface area contributed by atoms with E-state index in [-0.39, 0.29) is 11.8 Å². The maximum absolute atomic E-state index is 13.0. The molecule has 224 valence electrons. The molecule has 4 aromatic carbocycles. The zero-order chi connectivity index (χ0) is 31.2. The van der Waals surface area contributed by atoms with E-state index in [9.17, 15) is 4.79 Å². The van der Waals surface area contributed by atoms with Gasteiger partial charge in [0.2, 0.25) is 0 Å². The van der Waals surface area contributed by atoms with E-state index in [0.717, 1.165) is 42.3 Å². The summed E-state index contributed by atoms with van der Waals surface area (Å²) in [7, 11) is 0. The SMILES string of the molecule is CC(C)c1ccc2c(Nc3cc(NC(=O)c4ccc(Br)cc4)ccc3Sc3ccc(OCc4ccccc4)cc3)ncnc2n1. The standard InChI is InChI=1S/C36H30BrN5O2S/c1-23(2)31-18-17-30-34(41-31)38-22-39-35(30)42-32-20-27(40-36(43)25-8-10-26(37)11-9-25)12-19-33(32)45-29-15-13-28(14-16-29)44-21-24-6-4-3-5-7-24/h3-20,22-23H,21H2,1-2H3,(H,40,43)(H,38,39,41,42). The van der Waals surface area contributed by atoms with Crippen LogP contribution >= 0.6 is 27.7 Å². The van der Waals surface area contributed by atoms with Crippen molar-refractivity contribution in [2.45, 2.75) is 36.2 Å². The van der Waals surface area contributed by atoms with Gasteiger partial charge in [0, 0.05) is 31.2 Å². The Morgan fingerprint density at radius 2 is 1.67 bits per heavy atom. The van der Waals surface area contributed by atoms with Gasteiger partial charge in [0.25, 0.3) is 5.91 Å². The second kappa shape index (κ2) is 13.9. The van der Waals surface area contributed by atoms with E-state index >= 15 is 0 Å². The third-order valence-corrected chi connectivity index (χ3v) is 8.62. The number of carbonyl (C=O) groups is 1. The molecule has 0 spiro atoms. The molecule has 0 saturated heterocycles. The van der Waals surface area contributed by atoms with E-state index in [2.05, 4.69) is 50.4 Å². The van der Waals surface area contributed by atoms with Crippen LogP contribution in [0.2, 0.25) is 0 Å². The third-order valence-electron chi connectivity index (χ3n) is 7.01. The Bertz CT molecular complexity index is 1930. The van der Waals surface area contributed by atoms with Crippen molar-refractivity contribution in [1.29, 1.82) is 0 Å². The summed E-state index contributed by atoms with van der Waals surface area (Å²) in [4.78, 5) is 28.7. The van der Waals surface area contributed by atoms with Crippen LogP contribution in [0.25, 0.3) is 11.0 Å².